The summed E-state index contributed by atoms with van der Waals surface area (Å²) in [5.41, 5.74) is 0. The zero-order valence-electron chi connectivity index (χ0n) is 12.2. The number of aliphatic hydroxyl groups excluding tert-OH is 9. The molecule has 23 heavy (non-hydrogen) atoms. The lowest BCUT2D eigenvalue weighted by molar-refractivity contribution is -0.239. The van der Waals surface area contributed by atoms with Gasteiger partial charge in [-0.2, -0.15) is 0 Å². The van der Waals surface area contributed by atoms with Crippen LogP contribution in [0.3, 0.4) is 0 Å². The summed E-state index contributed by atoms with van der Waals surface area (Å²) < 4.78 is 4.71. The van der Waals surface area contributed by atoms with E-state index in [1.807, 2.05) is 0 Å². The summed E-state index contributed by atoms with van der Waals surface area (Å²) in [4.78, 5) is 9.90. The molecule has 11 nitrogen and oxygen atoms in total. The maximum atomic E-state index is 9.90. The fourth-order valence-corrected chi connectivity index (χ4v) is 1.70. The average Bonchev–Trinajstić information content (AvgIpc) is 2.55. The second kappa shape index (κ2) is 10.9. The molecule has 0 amide bonds. The van der Waals surface area contributed by atoms with Crippen LogP contribution in [0, 0.1) is 0 Å². The van der Waals surface area contributed by atoms with Crippen molar-refractivity contribution in [3.05, 3.63) is 0 Å². The van der Waals surface area contributed by atoms with E-state index < -0.39 is 62.2 Å². The summed E-state index contributed by atoms with van der Waals surface area (Å²) in [6, 6.07) is 0. The number of aliphatic hydroxyl groups is 9. The third-order valence-electron chi connectivity index (χ3n) is 3.15. The minimum atomic E-state index is -1.79. The SMILES string of the molecule is O=C[C@H](O)[C@@H](O)[C@H](O)[C@H](O)CO.OC[C@H]1OC(O)C[C@@H](O)[C@@H]1O. The van der Waals surface area contributed by atoms with Gasteiger partial charge in [-0.05, 0) is 0 Å². The number of carbonyl (C=O) groups excluding carboxylic acids is 1. The van der Waals surface area contributed by atoms with Gasteiger partial charge in [-0.15, -0.1) is 0 Å². The van der Waals surface area contributed by atoms with Gasteiger partial charge in [0.15, 0.2) is 12.6 Å². The third kappa shape index (κ3) is 7.14. The van der Waals surface area contributed by atoms with Crippen molar-refractivity contribution in [3.63, 3.8) is 0 Å². The van der Waals surface area contributed by atoms with E-state index in [4.69, 9.17) is 50.7 Å². The highest BCUT2D eigenvalue weighted by molar-refractivity contribution is 5.56. The van der Waals surface area contributed by atoms with E-state index in [2.05, 4.69) is 0 Å². The van der Waals surface area contributed by atoms with Gasteiger partial charge >= 0.3 is 0 Å². The minimum Gasteiger partial charge on any atom is -0.394 e. The Kier molecular flexibility index (Phi) is 10.6. The lowest BCUT2D eigenvalue weighted by atomic mass is 10.0. The highest BCUT2D eigenvalue weighted by Crippen LogP contribution is 2.18. The molecule has 0 aromatic rings. The molecule has 1 fully saturated rings. The first-order chi connectivity index (χ1) is 10.7. The van der Waals surface area contributed by atoms with Crippen LogP contribution < -0.4 is 0 Å². The Morgan fingerprint density at radius 1 is 1.04 bits per heavy atom. The van der Waals surface area contributed by atoms with Crippen LogP contribution in [-0.4, -0.2) is 114 Å². The first-order valence-electron chi connectivity index (χ1n) is 6.78. The Labute approximate surface area is 131 Å². The summed E-state index contributed by atoms with van der Waals surface area (Å²) in [7, 11) is 0. The molecule has 0 aliphatic carbocycles. The van der Waals surface area contributed by atoms with Crippen LogP contribution in [0.1, 0.15) is 6.42 Å². The summed E-state index contributed by atoms with van der Waals surface area (Å²) >= 11 is 0. The van der Waals surface area contributed by atoms with Gasteiger partial charge in [0.2, 0.25) is 0 Å². The largest absolute Gasteiger partial charge is 0.394 e. The minimum absolute atomic E-state index is 0.0162. The fraction of sp³-hybridized carbons (Fsp3) is 0.917. The Morgan fingerprint density at radius 2 is 1.61 bits per heavy atom. The Morgan fingerprint density at radius 3 is 2.04 bits per heavy atom. The van der Waals surface area contributed by atoms with Crippen molar-refractivity contribution in [2.45, 2.75) is 55.4 Å². The van der Waals surface area contributed by atoms with Crippen molar-refractivity contribution in [2.24, 2.45) is 0 Å². The number of hydrogen-bond donors (Lipinski definition) is 9. The van der Waals surface area contributed by atoms with Crippen LogP contribution in [-0.2, 0) is 9.53 Å². The molecule has 1 aliphatic heterocycles. The lowest BCUT2D eigenvalue weighted by Crippen LogP contribution is -2.49. The van der Waals surface area contributed by atoms with Crippen molar-refractivity contribution in [2.75, 3.05) is 13.2 Å². The molecule has 0 aromatic carbocycles. The first-order valence-corrected chi connectivity index (χ1v) is 6.78. The van der Waals surface area contributed by atoms with Crippen LogP contribution in [0.25, 0.3) is 0 Å². The molecule has 0 bridgehead atoms. The van der Waals surface area contributed by atoms with E-state index >= 15 is 0 Å². The normalized spacial score (nSPS) is 32.9. The zero-order valence-corrected chi connectivity index (χ0v) is 12.2. The van der Waals surface area contributed by atoms with E-state index in [0.29, 0.717) is 0 Å². The Bertz CT molecular complexity index is 328. The number of hydrogen-bond acceptors (Lipinski definition) is 11. The third-order valence-corrected chi connectivity index (χ3v) is 3.15. The van der Waals surface area contributed by atoms with Crippen LogP contribution >= 0.6 is 0 Å². The molecule has 1 unspecified atom stereocenters. The second-order valence-electron chi connectivity index (χ2n) is 4.96. The molecule has 0 spiro atoms. The topological polar surface area (TPSA) is 208 Å². The maximum absolute atomic E-state index is 9.90. The van der Waals surface area contributed by atoms with Crippen molar-refractivity contribution < 1.29 is 55.5 Å². The van der Waals surface area contributed by atoms with Crippen molar-refractivity contribution in [1.82, 2.24) is 0 Å². The highest BCUT2D eigenvalue weighted by atomic mass is 16.6. The molecule has 138 valence electrons. The molecule has 1 heterocycles. The maximum Gasteiger partial charge on any atom is 0.157 e. The van der Waals surface area contributed by atoms with Gasteiger partial charge in [0.1, 0.15) is 36.6 Å². The molecule has 11 heteroatoms. The smallest absolute Gasteiger partial charge is 0.157 e. The molecular formula is C12H24O11. The van der Waals surface area contributed by atoms with Crippen LogP contribution in [0.5, 0.6) is 0 Å². The van der Waals surface area contributed by atoms with Crippen LogP contribution in [0.15, 0.2) is 0 Å². The van der Waals surface area contributed by atoms with E-state index in [0.717, 1.165) is 0 Å². The quantitative estimate of drug-likeness (QED) is 0.207. The standard InChI is InChI=1S/C6H12O6.C6H12O5/c7-1-3(9)5(11)6(12)4(10)2-8;7-2-4-6(10)3(8)1-5(9)11-4/h1,3-6,8-12H,2H2;3-10H,1-2H2/t3-,4+,5+,6+;3-,4-,5?,6+/m01/s1. The van der Waals surface area contributed by atoms with Crippen molar-refractivity contribution in [3.8, 4) is 0 Å². The number of aldehydes is 1. The molecule has 0 aromatic heterocycles. The van der Waals surface area contributed by atoms with Gasteiger partial charge < -0.3 is 55.5 Å². The van der Waals surface area contributed by atoms with Crippen LogP contribution in [0.2, 0.25) is 0 Å². The predicted molar refractivity (Wildman–Crippen MR) is 71.8 cm³/mol. The number of rotatable bonds is 6. The van der Waals surface area contributed by atoms with Gasteiger partial charge in [-0.25, -0.2) is 0 Å². The molecule has 1 aliphatic rings. The van der Waals surface area contributed by atoms with Crippen LogP contribution in [0.4, 0.5) is 0 Å². The number of carbonyl (C=O) groups is 1. The fourth-order valence-electron chi connectivity index (χ4n) is 1.70. The number of ether oxygens (including phenoxy) is 1. The van der Waals surface area contributed by atoms with Gasteiger partial charge in [0.25, 0.3) is 0 Å². The summed E-state index contributed by atoms with van der Waals surface area (Å²) in [5.74, 6) is 0. The molecule has 0 radical (unpaired) electrons. The molecular weight excluding hydrogens is 320 g/mol. The first kappa shape index (κ1) is 22.3. The molecule has 1 saturated heterocycles. The van der Waals surface area contributed by atoms with Crippen molar-refractivity contribution >= 4 is 6.29 Å². The van der Waals surface area contributed by atoms with E-state index in [1.165, 1.54) is 0 Å². The Hall–Kier alpha value is -0.730. The summed E-state index contributed by atoms with van der Waals surface area (Å²) in [5, 5.41) is 79.2. The second-order valence-corrected chi connectivity index (χ2v) is 4.96. The summed E-state index contributed by atoms with van der Waals surface area (Å²) in [6.07, 6.45) is -11.0. The van der Waals surface area contributed by atoms with Gasteiger partial charge in [0.05, 0.1) is 19.3 Å². The zero-order chi connectivity index (χ0) is 18.2. The van der Waals surface area contributed by atoms with Gasteiger partial charge in [-0.3, -0.25) is 0 Å². The molecule has 1 rings (SSSR count). The van der Waals surface area contributed by atoms with Gasteiger partial charge in [-0.1, -0.05) is 0 Å². The lowest BCUT2D eigenvalue weighted by Gasteiger charge is -2.33. The Balaban J connectivity index is 0.000000422. The molecule has 0 saturated carbocycles. The average molecular weight is 344 g/mol. The molecule has 9 N–H and O–H groups in total. The van der Waals surface area contributed by atoms with E-state index in [1.54, 1.807) is 0 Å². The molecule has 8 atom stereocenters. The van der Waals surface area contributed by atoms with Gasteiger partial charge in [0, 0.05) is 6.42 Å². The summed E-state index contributed by atoms with van der Waals surface area (Å²) in [6.45, 7) is -1.17. The van der Waals surface area contributed by atoms with E-state index in [-0.39, 0.29) is 12.7 Å². The monoisotopic (exact) mass is 344 g/mol. The van der Waals surface area contributed by atoms with Crippen molar-refractivity contribution in [1.29, 1.82) is 0 Å². The predicted octanol–water partition coefficient (Wildman–Crippen LogP) is -5.57. The van der Waals surface area contributed by atoms with E-state index in [9.17, 15) is 4.79 Å². The highest BCUT2D eigenvalue weighted by Gasteiger charge is 2.35.